The number of carbonyl (C=O) groups is 1. The molecule has 0 atom stereocenters. The summed E-state index contributed by atoms with van der Waals surface area (Å²) in [5, 5.41) is 9.07. The van der Waals surface area contributed by atoms with Crippen LogP contribution in [0.3, 0.4) is 0 Å². The zero-order chi connectivity index (χ0) is 13.1. The lowest BCUT2D eigenvalue weighted by molar-refractivity contribution is -0.135. The van der Waals surface area contributed by atoms with Gasteiger partial charge in [0.1, 0.15) is 0 Å². The molecule has 0 aliphatic carbocycles. The van der Waals surface area contributed by atoms with Gasteiger partial charge in [0.15, 0.2) is 11.6 Å². The highest BCUT2D eigenvalue weighted by molar-refractivity contribution is 5.92. The van der Waals surface area contributed by atoms with Gasteiger partial charge in [-0.05, 0) is 23.8 Å². The summed E-state index contributed by atoms with van der Waals surface area (Å²) in [6.07, 6.45) is 2.49. The van der Waals surface area contributed by atoms with Crippen molar-refractivity contribution in [3.05, 3.63) is 35.7 Å². The molecule has 0 bridgehead atoms. The van der Waals surface area contributed by atoms with Gasteiger partial charge in [-0.15, -0.1) is 0 Å². The summed E-state index contributed by atoms with van der Waals surface area (Å²) in [4.78, 5) is 13.1. The summed E-state index contributed by atoms with van der Waals surface area (Å²) in [5.41, 5.74) is 0.586. The van der Waals surface area contributed by atoms with E-state index in [0.29, 0.717) is 18.7 Å². The Kier molecular flexibility index (Phi) is 3.62. The Hall–Kier alpha value is -1.88. The summed E-state index contributed by atoms with van der Waals surface area (Å²) >= 11 is 0. The van der Waals surface area contributed by atoms with Crippen molar-refractivity contribution in [2.45, 2.75) is 6.10 Å². The van der Waals surface area contributed by atoms with Crippen LogP contribution in [-0.4, -0.2) is 42.2 Å². The van der Waals surface area contributed by atoms with Crippen LogP contribution in [-0.2, 0) is 4.79 Å². The molecule has 1 amide bonds. The van der Waals surface area contributed by atoms with Crippen molar-refractivity contribution in [3.63, 3.8) is 0 Å². The summed E-state index contributed by atoms with van der Waals surface area (Å²) in [6.45, 7) is 0.723. The zero-order valence-corrected chi connectivity index (χ0v) is 9.97. The first kappa shape index (κ1) is 12.6. The smallest absolute Gasteiger partial charge is 0.246 e. The van der Waals surface area contributed by atoms with Crippen molar-refractivity contribution < 1.29 is 19.0 Å². The molecule has 1 N–H and O–H groups in total. The third-order valence-corrected chi connectivity index (χ3v) is 2.77. The zero-order valence-electron chi connectivity index (χ0n) is 9.97. The number of rotatable bonds is 3. The van der Waals surface area contributed by atoms with Crippen LogP contribution in [0.2, 0.25) is 0 Å². The number of aliphatic hydroxyl groups excluding tert-OH is 1. The lowest BCUT2D eigenvalue weighted by Crippen LogP contribution is -2.52. The number of β-amino-alcohol motifs (C(OH)–C–C–N with tert-alkyl or cyclic N) is 1. The van der Waals surface area contributed by atoms with Crippen LogP contribution in [0.25, 0.3) is 6.08 Å². The molecule has 0 aromatic heterocycles. The molecule has 0 unspecified atom stereocenters. The van der Waals surface area contributed by atoms with Crippen LogP contribution in [0, 0.1) is 5.82 Å². The van der Waals surface area contributed by atoms with Crippen molar-refractivity contribution in [1.82, 2.24) is 4.90 Å². The quantitative estimate of drug-likeness (QED) is 0.817. The van der Waals surface area contributed by atoms with Crippen LogP contribution >= 0.6 is 0 Å². The number of nitrogens with zero attached hydrogens (tertiary/aromatic N) is 1. The minimum Gasteiger partial charge on any atom is -0.494 e. The number of likely N-dealkylation sites (tertiary alicyclic amines) is 1. The highest BCUT2D eigenvalue weighted by Gasteiger charge is 2.26. The second-order valence-corrected chi connectivity index (χ2v) is 4.12. The summed E-state index contributed by atoms with van der Waals surface area (Å²) in [5.74, 6) is -0.479. The number of amides is 1. The van der Waals surface area contributed by atoms with E-state index < -0.39 is 11.9 Å². The monoisotopic (exact) mass is 251 g/mol. The molecule has 0 spiro atoms. The normalized spacial score (nSPS) is 15.8. The van der Waals surface area contributed by atoms with Gasteiger partial charge >= 0.3 is 0 Å². The van der Waals surface area contributed by atoms with Gasteiger partial charge in [-0.2, -0.15) is 0 Å². The van der Waals surface area contributed by atoms with E-state index >= 15 is 0 Å². The third kappa shape index (κ3) is 2.68. The number of carbonyl (C=O) groups excluding carboxylic acids is 1. The maximum Gasteiger partial charge on any atom is 0.246 e. The molecule has 1 fully saturated rings. The predicted molar refractivity (Wildman–Crippen MR) is 64.6 cm³/mol. The average Bonchev–Trinajstić information content (AvgIpc) is 2.32. The van der Waals surface area contributed by atoms with Crippen LogP contribution in [0.5, 0.6) is 5.75 Å². The highest BCUT2D eigenvalue weighted by Crippen LogP contribution is 2.18. The van der Waals surface area contributed by atoms with E-state index in [1.165, 1.54) is 36.3 Å². The summed E-state index contributed by atoms with van der Waals surface area (Å²) in [6, 6.07) is 4.47. The van der Waals surface area contributed by atoms with Gasteiger partial charge in [0.05, 0.1) is 13.2 Å². The van der Waals surface area contributed by atoms with E-state index in [1.807, 2.05) is 0 Å². The lowest BCUT2D eigenvalue weighted by Gasteiger charge is -2.34. The highest BCUT2D eigenvalue weighted by atomic mass is 19.1. The van der Waals surface area contributed by atoms with Gasteiger partial charge in [0.25, 0.3) is 0 Å². The molecule has 1 heterocycles. The van der Waals surface area contributed by atoms with Crippen molar-refractivity contribution >= 4 is 12.0 Å². The maximum atomic E-state index is 13.4. The van der Waals surface area contributed by atoms with Gasteiger partial charge in [0, 0.05) is 19.2 Å². The molecule has 0 saturated carbocycles. The third-order valence-electron chi connectivity index (χ3n) is 2.77. The predicted octanol–water partition coefficient (Wildman–Crippen LogP) is 1.05. The molecule has 2 rings (SSSR count). The number of hydrogen-bond donors (Lipinski definition) is 1. The fourth-order valence-electron chi connectivity index (χ4n) is 1.69. The molecular formula is C13H14FNO3. The van der Waals surface area contributed by atoms with Crippen molar-refractivity contribution in [2.75, 3.05) is 20.2 Å². The number of ether oxygens (including phenoxy) is 1. The van der Waals surface area contributed by atoms with Gasteiger partial charge in [-0.1, -0.05) is 6.07 Å². The Balaban J connectivity index is 2.00. The molecule has 1 saturated heterocycles. The van der Waals surface area contributed by atoms with E-state index in [2.05, 4.69) is 0 Å². The topological polar surface area (TPSA) is 49.8 Å². The van der Waals surface area contributed by atoms with Gasteiger partial charge < -0.3 is 14.7 Å². The molecule has 0 radical (unpaired) electrons. The van der Waals surface area contributed by atoms with Crippen LogP contribution < -0.4 is 4.74 Å². The molecule has 5 heteroatoms. The summed E-state index contributed by atoms with van der Waals surface area (Å²) in [7, 11) is 1.40. The van der Waals surface area contributed by atoms with E-state index in [4.69, 9.17) is 9.84 Å². The fraction of sp³-hybridized carbons (Fsp3) is 0.308. The van der Waals surface area contributed by atoms with Crippen LogP contribution in [0.4, 0.5) is 4.39 Å². The van der Waals surface area contributed by atoms with Gasteiger partial charge in [0.2, 0.25) is 5.91 Å². The fourth-order valence-corrected chi connectivity index (χ4v) is 1.69. The van der Waals surface area contributed by atoms with E-state index in [9.17, 15) is 9.18 Å². The maximum absolute atomic E-state index is 13.4. The first-order valence-electron chi connectivity index (χ1n) is 5.58. The second-order valence-electron chi connectivity index (χ2n) is 4.12. The van der Waals surface area contributed by atoms with Gasteiger partial charge in [-0.3, -0.25) is 4.79 Å². The standard InChI is InChI=1S/C13H14FNO3/c1-18-12-4-2-9(6-11(12)14)3-5-13(17)15-7-10(16)8-15/h2-6,10,16H,7-8H2,1H3. The first-order valence-corrected chi connectivity index (χ1v) is 5.58. The van der Waals surface area contributed by atoms with E-state index in [-0.39, 0.29) is 11.7 Å². The average molecular weight is 251 g/mol. The van der Waals surface area contributed by atoms with Crippen LogP contribution in [0.1, 0.15) is 5.56 Å². The summed E-state index contributed by atoms with van der Waals surface area (Å²) < 4.78 is 18.2. The number of methoxy groups -OCH3 is 1. The van der Waals surface area contributed by atoms with E-state index in [1.54, 1.807) is 6.07 Å². The SMILES string of the molecule is COc1ccc(C=CC(=O)N2CC(O)C2)cc1F. The number of halogens is 1. The molecule has 1 aliphatic rings. The number of benzene rings is 1. The molecule has 1 aromatic carbocycles. The largest absolute Gasteiger partial charge is 0.494 e. The van der Waals surface area contributed by atoms with Crippen molar-refractivity contribution in [2.24, 2.45) is 0 Å². The van der Waals surface area contributed by atoms with Gasteiger partial charge in [-0.25, -0.2) is 4.39 Å². The first-order chi connectivity index (χ1) is 8.60. The Labute approximate surface area is 104 Å². The molecule has 18 heavy (non-hydrogen) atoms. The lowest BCUT2D eigenvalue weighted by atomic mass is 10.1. The molecular weight excluding hydrogens is 237 g/mol. The Morgan fingerprint density at radius 1 is 1.56 bits per heavy atom. The number of aliphatic hydroxyl groups is 1. The Morgan fingerprint density at radius 3 is 2.83 bits per heavy atom. The van der Waals surface area contributed by atoms with Crippen molar-refractivity contribution in [3.8, 4) is 5.75 Å². The molecule has 1 aromatic rings. The minimum absolute atomic E-state index is 0.171. The second kappa shape index (κ2) is 5.18. The van der Waals surface area contributed by atoms with Crippen LogP contribution in [0.15, 0.2) is 24.3 Å². The molecule has 4 nitrogen and oxygen atoms in total. The Bertz CT molecular complexity index is 481. The van der Waals surface area contributed by atoms with E-state index in [0.717, 1.165) is 0 Å². The number of hydrogen-bond acceptors (Lipinski definition) is 3. The molecule has 1 aliphatic heterocycles. The molecule has 96 valence electrons. The minimum atomic E-state index is -0.466. The van der Waals surface area contributed by atoms with Crippen molar-refractivity contribution in [1.29, 1.82) is 0 Å². The Morgan fingerprint density at radius 2 is 2.28 bits per heavy atom.